The SMILES string of the molecule is CCOc1ccc(S(=O)(=O)N(CC(=O)Nc2cc(C(=O)OC)cc(C(=O)OC)c2)C2CCCCC2)cc1. The largest absolute Gasteiger partial charge is 0.494 e. The van der Waals surface area contributed by atoms with E-state index in [-0.39, 0.29) is 27.8 Å². The van der Waals surface area contributed by atoms with Gasteiger partial charge in [0, 0.05) is 11.7 Å². The van der Waals surface area contributed by atoms with Crippen LogP contribution < -0.4 is 10.1 Å². The first-order valence-corrected chi connectivity index (χ1v) is 13.5. The van der Waals surface area contributed by atoms with Crippen molar-refractivity contribution in [2.24, 2.45) is 0 Å². The quantitative estimate of drug-likeness (QED) is 0.460. The van der Waals surface area contributed by atoms with Crippen LogP contribution in [-0.2, 0) is 24.3 Å². The zero-order valence-corrected chi connectivity index (χ0v) is 22.0. The Hall–Kier alpha value is -3.44. The first kappa shape index (κ1) is 28.1. The van der Waals surface area contributed by atoms with Gasteiger partial charge in [-0.3, -0.25) is 4.79 Å². The standard InChI is InChI=1S/C26H32N2O8S/c1-4-36-22-10-12-23(13-11-22)37(32,33)28(21-8-6-5-7-9-21)17-24(29)27-20-15-18(25(30)34-2)14-19(16-20)26(31)35-3/h10-16,21H,4-9,17H2,1-3H3,(H,27,29). The Morgan fingerprint density at radius 2 is 1.49 bits per heavy atom. The van der Waals surface area contributed by atoms with E-state index >= 15 is 0 Å². The normalized spacial score (nSPS) is 14.2. The Bertz CT molecular complexity index is 1190. The van der Waals surface area contributed by atoms with Gasteiger partial charge in [0.1, 0.15) is 5.75 Å². The van der Waals surface area contributed by atoms with Gasteiger partial charge in [-0.15, -0.1) is 0 Å². The Labute approximate surface area is 216 Å². The van der Waals surface area contributed by atoms with E-state index in [0.717, 1.165) is 19.3 Å². The summed E-state index contributed by atoms with van der Waals surface area (Å²) in [7, 11) is -1.61. The Balaban J connectivity index is 1.89. The Morgan fingerprint density at radius 1 is 0.919 bits per heavy atom. The van der Waals surface area contributed by atoms with Gasteiger partial charge in [-0.2, -0.15) is 4.31 Å². The van der Waals surface area contributed by atoms with E-state index < -0.39 is 34.4 Å². The molecule has 2 aromatic carbocycles. The molecule has 1 N–H and O–H groups in total. The lowest BCUT2D eigenvalue weighted by molar-refractivity contribution is -0.116. The van der Waals surface area contributed by atoms with Gasteiger partial charge in [-0.05, 0) is 62.2 Å². The lowest BCUT2D eigenvalue weighted by atomic mass is 9.95. The molecular weight excluding hydrogens is 500 g/mol. The molecule has 0 radical (unpaired) electrons. The molecule has 37 heavy (non-hydrogen) atoms. The van der Waals surface area contributed by atoms with Crippen molar-refractivity contribution >= 4 is 33.6 Å². The summed E-state index contributed by atoms with van der Waals surface area (Å²) in [5.41, 5.74) is 0.203. The second kappa shape index (κ2) is 12.7. The minimum atomic E-state index is -4.00. The van der Waals surface area contributed by atoms with Gasteiger partial charge >= 0.3 is 11.9 Å². The lowest BCUT2D eigenvalue weighted by Crippen LogP contribution is -2.45. The summed E-state index contributed by atoms with van der Waals surface area (Å²) < 4.78 is 43.4. The molecule has 11 heteroatoms. The van der Waals surface area contributed by atoms with E-state index in [2.05, 4.69) is 5.32 Å². The summed E-state index contributed by atoms with van der Waals surface area (Å²) in [6.45, 7) is 1.86. The van der Waals surface area contributed by atoms with Crippen LogP contribution in [0.1, 0.15) is 59.7 Å². The molecule has 0 saturated heterocycles. The fourth-order valence-electron chi connectivity index (χ4n) is 4.30. The molecule has 0 aliphatic heterocycles. The number of carbonyl (C=O) groups is 3. The number of sulfonamides is 1. The maximum absolute atomic E-state index is 13.6. The van der Waals surface area contributed by atoms with E-state index in [4.69, 9.17) is 14.2 Å². The minimum absolute atomic E-state index is 0.0341. The van der Waals surface area contributed by atoms with Crippen LogP contribution in [0.5, 0.6) is 5.75 Å². The zero-order chi connectivity index (χ0) is 27.0. The second-order valence-electron chi connectivity index (χ2n) is 8.58. The number of hydrogen-bond acceptors (Lipinski definition) is 8. The summed E-state index contributed by atoms with van der Waals surface area (Å²) in [5.74, 6) is -1.47. The third-order valence-corrected chi connectivity index (χ3v) is 7.99. The van der Waals surface area contributed by atoms with Gasteiger partial charge < -0.3 is 19.5 Å². The number of methoxy groups -OCH3 is 2. The number of hydrogen-bond donors (Lipinski definition) is 1. The monoisotopic (exact) mass is 532 g/mol. The molecule has 1 fully saturated rings. The predicted octanol–water partition coefficient (Wildman–Crippen LogP) is 3.62. The summed E-state index contributed by atoms with van der Waals surface area (Å²) in [4.78, 5) is 37.3. The summed E-state index contributed by atoms with van der Waals surface area (Å²) in [6, 6.07) is 9.77. The highest BCUT2D eigenvalue weighted by molar-refractivity contribution is 7.89. The van der Waals surface area contributed by atoms with E-state index in [0.29, 0.717) is 25.2 Å². The van der Waals surface area contributed by atoms with Crippen molar-refractivity contribution in [2.75, 3.05) is 32.7 Å². The van der Waals surface area contributed by atoms with Crippen molar-refractivity contribution in [3.63, 3.8) is 0 Å². The van der Waals surface area contributed by atoms with Gasteiger partial charge in [-0.25, -0.2) is 18.0 Å². The average Bonchev–Trinajstić information content (AvgIpc) is 2.91. The molecule has 0 atom stereocenters. The molecule has 3 rings (SSSR count). The van der Waals surface area contributed by atoms with Gasteiger partial charge in [-0.1, -0.05) is 19.3 Å². The van der Waals surface area contributed by atoms with Gasteiger partial charge in [0.15, 0.2) is 0 Å². The number of ether oxygens (including phenoxy) is 3. The molecule has 1 aliphatic carbocycles. The molecule has 0 spiro atoms. The van der Waals surface area contributed by atoms with Crippen LogP contribution in [0, 0.1) is 0 Å². The van der Waals surface area contributed by atoms with Crippen LogP contribution in [0.25, 0.3) is 0 Å². The Morgan fingerprint density at radius 3 is 2.00 bits per heavy atom. The van der Waals surface area contributed by atoms with E-state index in [1.54, 1.807) is 12.1 Å². The summed E-state index contributed by atoms with van der Waals surface area (Å²) in [5, 5.41) is 2.62. The first-order chi connectivity index (χ1) is 17.7. The fraction of sp³-hybridized carbons (Fsp3) is 0.423. The molecular formula is C26H32N2O8S. The van der Waals surface area contributed by atoms with Crippen molar-refractivity contribution in [3.8, 4) is 5.75 Å². The maximum atomic E-state index is 13.6. The number of rotatable bonds is 10. The molecule has 10 nitrogen and oxygen atoms in total. The van der Waals surface area contributed by atoms with Crippen LogP contribution in [0.3, 0.4) is 0 Å². The molecule has 1 amide bonds. The first-order valence-electron chi connectivity index (χ1n) is 12.1. The van der Waals surface area contributed by atoms with Crippen LogP contribution in [-0.4, -0.2) is 64.0 Å². The molecule has 0 bridgehead atoms. The topological polar surface area (TPSA) is 128 Å². The van der Waals surface area contributed by atoms with Crippen molar-refractivity contribution in [3.05, 3.63) is 53.6 Å². The summed E-state index contributed by atoms with van der Waals surface area (Å²) >= 11 is 0. The second-order valence-corrected chi connectivity index (χ2v) is 10.5. The van der Waals surface area contributed by atoms with Crippen LogP contribution in [0.4, 0.5) is 5.69 Å². The van der Waals surface area contributed by atoms with Gasteiger partial charge in [0.2, 0.25) is 15.9 Å². The van der Waals surface area contributed by atoms with Crippen molar-refractivity contribution < 1.29 is 37.0 Å². The average molecular weight is 533 g/mol. The number of anilines is 1. The van der Waals surface area contributed by atoms with Crippen molar-refractivity contribution in [2.45, 2.75) is 50.0 Å². The van der Waals surface area contributed by atoms with Gasteiger partial charge in [0.05, 0.1) is 43.4 Å². The highest BCUT2D eigenvalue weighted by Gasteiger charge is 2.34. The molecule has 0 heterocycles. The number of esters is 2. The van der Waals surface area contributed by atoms with Gasteiger partial charge in [0.25, 0.3) is 0 Å². The minimum Gasteiger partial charge on any atom is -0.494 e. The molecule has 1 aliphatic rings. The third kappa shape index (κ3) is 7.07. The molecule has 0 aromatic heterocycles. The summed E-state index contributed by atoms with van der Waals surface area (Å²) in [6.07, 6.45) is 4.04. The van der Waals surface area contributed by atoms with Crippen LogP contribution in [0.15, 0.2) is 47.4 Å². The number of amides is 1. The number of nitrogens with one attached hydrogen (secondary N) is 1. The predicted molar refractivity (Wildman–Crippen MR) is 136 cm³/mol. The Kier molecular flexibility index (Phi) is 9.65. The smallest absolute Gasteiger partial charge is 0.337 e. The van der Waals surface area contributed by atoms with Crippen molar-refractivity contribution in [1.29, 1.82) is 0 Å². The molecule has 2 aromatic rings. The van der Waals surface area contributed by atoms with Crippen molar-refractivity contribution in [1.82, 2.24) is 4.31 Å². The highest BCUT2D eigenvalue weighted by Crippen LogP contribution is 2.29. The van der Waals surface area contributed by atoms with Crippen LogP contribution in [0.2, 0.25) is 0 Å². The number of carbonyl (C=O) groups excluding carboxylic acids is 3. The van der Waals surface area contributed by atoms with E-state index in [9.17, 15) is 22.8 Å². The molecule has 0 unspecified atom stereocenters. The van der Waals surface area contributed by atoms with Crippen LogP contribution >= 0.6 is 0 Å². The lowest BCUT2D eigenvalue weighted by Gasteiger charge is -2.33. The van der Waals surface area contributed by atoms with E-state index in [1.165, 1.54) is 48.9 Å². The highest BCUT2D eigenvalue weighted by atomic mass is 32.2. The maximum Gasteiger partial charge on any atom is 0.337 e. The third-order valence-electron chi connectivity index (χ3n) is 6.08. The number of benzene rings is 2. The zero-order valence-electron chi connectivity index (χ0n) is 21.2. The van der Waals surface area contributed by atoms with E-state index in [1.807, 2.05) is 6.92 Å². The number of nitrogens with zero attached hydrogens (tertiary/aromatic N) is 1. The molecule has 1 saturated carbocycles. The fourth-order valence-corrected chi connectivity index (χ4v) is 5.94. The molecule has 200 valence electrons.